The van der Waals surface area contributed by atoms with Crippen molar-refractivity contribution in [1.82, 2.24) is 0 Å². The summed E-state index contributed by atoms with van der Waals surface area (Å²) in [5, 5.41) is 11.4. The third-order valence-corrected chi connectivity index (χ3v) is 2.41. The van der Waals surface area contributed by atoms with E-state index in [1.807, 2.05) is 0 Å². The number of primary amides is 1. The van der Waals surface area contributed by atoms with Gasteiger partial charge >= 0.3 is 51.4 Å². The van der Waals surface area contributed by atoms with E-state index in [0.717, 1.165) is 0 Å². The van der Waals surface area contributed by atoms with Crippen LogP contribution in [0.1, 0.15) is 17.9 Å². The zero-order valence-electron chi connectivity index (χ0n) is 9.07. The largest absolute Gasteiger partial charge is 1.00 e. The second-order valence-electron chi connectivity index (χ2n) is 3.24. The van der Waals surface area contributed by atoms with E-state index in [4.69, 9.17) is 28.9 Å². The molecule has 0 fully saturated rings. The molecular weight excluding hydrogens is 292 g/mol. The number of aliphatic carboxylic acids is 1. The first-order chi connectivity index (χ1) is 7.40. The van der Waals surface area contributed by atoms with Crippen LogP contribution in [0.25, 0.3) is 0 Å². The number of carbonyl (C=O) groups excluding carboxylic acids is 2. The van der Waals surface area contributed by atoms with Gasteiger partial charge in [-0.05, 0) is 23.8 Å². The molecule has 17 heavy (non-hydrogen) atoms. The zero-order valence-corrected chi connectivity index (χ0v) is 13.7. The molecule has 1 aromatic rings. The molecule has 4 nitrogen and oxygen atoms in total. The number of hydrogen-bond donors (Lipinski definition) is 1. The number of rotatable bonds is 4. The summed E-state index contributed by atoms with van der Waals surface area (Å²) in [7, 11) is 0. The molecule has 1 aromatic carbocycles. The standard InChI is InChI=1S/C10H9Cl2NO3.K/c11-6-1-5(2-7(12)3-6)8(10(15)16)4-9(13)14;/h1-3,8H,4H2,(H2,13,14)(H,15,16);/q;+1/p-1. The number of nitrogens with two attached hydrogens (primary N) is 1. The van der Waals surface area contributed by atoms with Gasteiger partial charge in [-0.1, -0.05) is 23.2 Å². The van der Waals surface area contributed by atoms with Gasteiger partial charge in [0, 0.05) is 28.4 Å². The maximum absolute atomic E-state index is 10.9. The molecule has 0 heterocycles. The van der Waals surface area contributed by atoms with Gasteiger partial charge in [-0.2, -0.15) is 0 Å². The number of amides is 1. The SMILES string of the molecule is NC(=O)CC(C(=O)[O-])c1cc(Cl)cc(Cl)c1.[K+]. The van der Waals surface area contributed by atoms with Gasteiger partial charge in [0.15, 0.2) is 0 Å². The molecule has 2 N–H and O–H groups in total. The van der Waals surface area contributed by atoms with Crippen molar-refractivity contribution in [2.24, 2.45) is 5.73 Å². The summed E-state index contributed by atoms with van der Waals surface area (Å²) in [4.78, 5) is 21.6. The Labute approximate surface area is 151 Å². The monoisotopic (exact) mass is 299 g/mol. The molecule has 0 bridgehead atoms. The summed E-state index contributed by atoms with van der Waals surface area (Å²) in [5.41, 5.74) is 5.25. The fourth-order valence-corrected chi connectivity index (χ4v) is 1.86. The average molecular weight is 300 g/mol. The van der Waals surface area contributed by atoms with E-state index in [-0.39, 0.29) is 57.8 Å². The molecule has 0 saturated heterocycles. The number of halogens is 2. The summed E-state index contributed by atoms with van der Waals surface area (Å²) in [6.07, 6.45) is -0.348. The number of hydrogen-bond acceptors (Lipinski definition) is 3. The third kappa shape index (κ3) is 5.70. The summed E-state index contributed by atoms with van der Waals surface area (Å²) in [6.45, 7) is 0. The Morgan fingerprint density at radius 2 is 1.71 bits per heavy atom. The first kappa shape index (κ1) is 17.4. The third-order valence-electron chi connectivity index (χ3n) is 1.98. The molecule has 1 amide bonds. The summed E-state index contributed by atoms with van der Waals surface area (Å²) in [5.74, 6) is -3.25. The Bertz CT molecular complexity index is 419. The van der Waals surface area contributed by atoms with Crippen LogP contribution in [0.5, 0.6) is 0 Å². The second kappa shape index (κ2) is 7.73. The molecule has 0 aromatic heterocycles. The van der Waals surface area contributed by atoms with Crippen molar-refractivity contribution in [2.45, 2.75) is 12.3 Å². The summed E-state index contributed by atoms with van der Waals surface area (Å²) >= 11 is 11.4. The van der Waals surface area contributed by atoms with Gasteiger partial charge in [-0.15, -0.1) is 0 Å². The van der Waals surface area contributed by atoms with Crippen molar-refractivity contribution in [3.63, 3.8) is 0 Å². The molecular formula is C10H8Cl2KNO3. The molecule has 1 rings (SSSR count). The van der Waals surface area contributed by atoms with E-state index in [0.29, 0.717) is 15.6 Å². The van der Waals surface area contributed by atoms with Crippen molar-refractivity contribution in [1.29, 1.82) is 0 Å². The molecule has 0 aliphatic rings. The van der Waals surface area contributed by atoms with Crippen LogP contribution in [-0.2, 0) is 9.59 Å². The molecule has 0 radical (unpaired) electrons. The van der Waals surface area contributed by atoms with Gasteiger partial charge < -0.3 is 15.6 Å². The Hall–Kier alpha value is 0.376. The zero-order chi connectivity index (χ0) is 12.3. The van der Waals surface area contributed by atoms with E-state index < -0.39 is 17.8 Å². The summed E-state index contributed by atoms with van der Waals surface area (Å²) in [6, 6.07) is 4.29. The molecule has 0 aliphatic carbocycles. The summed E-state index contributed by atoms with van der Waals surface area (Å²) < 4.78 is 0. The van der Waals surface area contributed by atoms with Crippen molar-refractivity contribution in [3.05, 3.63) is 33.8 Å². The van der Waals surface area contributed by atoms with Crippen molar-refractivity contribution in [2.75, 3.05) is 0 Å². The molecule has 0 aliphatic heterocycles. The van der Waals surface area contributed by atoms with Crippen molar-refractivity contribution >= 4 is 35.1 Å². The van der Waals surface area contributed by atoms with Crippen LogP contribution < -0.4 is 62.2 Å². The van der Waals surface area contributed by atoms with Crippen LogP contribution in [0.15, 0.2) is 18.2 Å². The van der Waals surface area contributed by atoms with E-state index in [1.54, 1.807) is 0 Å². The molecule has 0 saturated carbocycles. The predicted octanol–water partition coefficient (Wildman–Crippen LogP) is -2.29. The van der Waals surface area contributed by atoms with Crippen LogP contribution in [0, 0.1) is 0 Å². The van der Waals surface area contributed by atoms with Gasteiger partial charge in [0.25, 0.3) is 0 Å². The van der Waals surface area contributed by atoms with Gasteiger partial charge in [0.05, 0.1) is 0 Å². The Balaban J connectivity index is 0.00000256. The smallest absolute Gasteiger partial charge is 0.549 e. The Kier molecular flexibility index (Phi) is 7.90. The first-order valence-corrected chi connectivity index (χ1v) is 5.11. The normalized spacial score (nSPS) is 11.4. The molecule has 7 heteroatoms. The topological polar surface area (TPSA) is 83.2 Å². The fraction of sp³-hybridized carbons (Fsp3) is 0.200. The second-order valence-corrected chi connectivity index (χ2v) is 4.12. The average Bonchev–Trinajstić information content (AvgIpc) is 2.11. The Morgan fingerprint density at radius 3 is 2.06 bits per heavy atom. The van der Waals surface area contributed by atoms with E-state index in [1.165, 1.54) is 18.2 Å². The molecule has 0 spiro atoms. The number of carboxylic acid groups (broad SMARTS) is 1. The van der Waals surface area contributed by atoms with Crippen LogP contribution in [0.2, 0.25) is 10.0 Å². The van der Waals surface area contributed by atoms with Crippen LogP contribution in [-0.4, -0.2) is 11.9 Å². The predicted molar refractivity (Wildman–Crippen MR) is 58.0 cm³/mol. The fourth-order valence-electron chi connectivity index (χ4n) is 1.31. The number of carboxylic acids is 1. The van der Waals surface area contributed by atoms with Crippen LogP contribution in [0.4, 0.5) is 0 Å². The minimum atomic E-state index is -1.39. The van der Waals surface area contributed by atoms with E-state index in [2.05, 4.69) is 0 Å². The molecule has 1 unspecified atom stereocenters. The number of carbonyl (C=O) groups is 2. The maximum atomic E-state index is 10.9. The minimum absolute atomic E-state index is 0. The van der Waals surface area contributed by atoms with Gasteiger partial charge in [-0.25, -0.2) is 0 Å². The number of benzene rings is 1. The minimum Gasteiger partial charge on any atom is -0.549 e. The van der Waals surface area contributed by atoms with Crippen molar-refractivity contribution < 1.29 is 66.1 Å². The first-order valence-electron chi connectivity index (χ1n) is 4.35. The van der Waals surface area contributed by atoms with Crippen LogP contribution in [0.3, 0.4) is 0 Å². The Morgan fingerprint density at radius 1 is 1.24 bits per heavy atom. The van der Waals surface area contributed by atoms with Crippen LogP contribution >= 0.6 is 23.2 Å². The van der Waals surface area contributed by atoms with E-state index in [9.17, 15) is 14.7 Å². The quantitative estimate of drug-likeness (QED) is 0.635. The van der Waals surface area contributed by atoms with Gasteiger partial charge in [-0.3, -0.25) is 4.79 Å². The molecule has 86 valence electrons. The maximum Gasteiger partial charge on any atom is 1.00 e. The van der Waals surface area contributed by atoms with Gasteiger partial charge in [0.2, 0.25) is 5.91 Å². The van der Waals surface area contributed by atoms with E-state index >= 15 is 0 Å². The van der Waals surface area contributed by atoms with Crippen molar-refractivity contribution in [3.8, 4) is 0 Å². The van der Waals surface area contributed by atoms with Gasteiger partial charge in [0.1, 0.15) is 0 Å². The molecule has 1 atom stereocenters.